The van der Waals surface area contributed by atoms with Gasteiger partial charge in [-0.1, -0.05) is 6.92 Å². The quantitative estimate of drug-likeness (QED) is 0.649. The van der Waals surface area contributed by atoms with Crippen LogP contribution in [-0.4, -0.2) is 11.7 Å². The third kappa shape index (κ3) is 3.32. The molecule has 0 aromatic carbocycles. The second kappa shape index (κ2) is 4.70. The molecule has 0 saturated heterocycles. The standard InChI is InChI=1S/C9H15NO2/c1-5-8(12)9(6(2)3)10-7(4)11/h5H2,1-4H3,(H,10,11). The van der Waals surface area contributed by atoms with Gasteiger partial charge in [-0.2, -0.15) is 0 Å². The number of nitrogens with one attached hydrogen (secondary N) is 1. The molecule has 0 heterocycles. The normalized spacial score (nSPS) is 9.00. The summed E-state index contributed by atoms with van der Waals surface area (Å²) in [5, 5.41) is 2.52. The van der Waals surface area contributed by atoms with E-state index in [-0.39, 0.29) is 11.7 Å². The van der Waals surface area contributed by atoms with Crippen molar-refractivity contribution in [1.82, 2.24) is 5.32 Å². The summed E-state index contributed by atoms with van der Waals surface area (Å²) in [6, 6.07) is 0. The number of rotatable bonds is 3. The molecule has 0 fully saturated rings. The lowest BCUT2D eigenvalue weighted by Crippen LogP contribution is -2.25. The fourth-order valence-corrected chi connectivity index (χ4v) is 0.826. The van der Waals surface area contributed by atoms with Crippen molar-refractivity contribution in [2.45, 2.75) is 34.1 Å². The predicted octanol–water partition coefficient (Wildman–Crippen LogP) is 1.40. The number of amides is 1. The lowest BCUT2D eigenvalue weighted by atomic mass is 10.1. The molecule has 0 rings (SSSR count). The highest BCUT2D eigenvalue weighted by atomic mass is 16.2. The lowest BCUT2D eigenvalue weighted by Gasteiger charge is -2.07. The molecule has 0 spiro atoms. The molecule has 0 atom stereocenters. The first-order chi connectivity index (χ1) is 5.49. The van der Waals surface area contributed by atoms with Crippen LogP contribution in [0.25, 0.3) is 0 Å². The Balaban J connectivity index is 4.58. The summed E-state index contributed by atoms with van der Waals surface area (Å²) in [6.45, 7) is 6.77. The Kier molecular flexibility index (Phi) is 4.26. The molecule has 12 heavy (non-hydrogen) atoms. The maximum atomic E-state index is 11.2. The van der Waals surface area contributed by atoms with E-state index in [1.165, 1.54) is 6.92 Å². The zero-order chi connectivity index (χ0) is 9.72. The Bertz CT molecular complexity index is 225. The van der Waals surface area contributed by atoms with Crippen LogP contribution in [0.5, 0.6) is 0 Å². The molecule has 3 heteroatoms. The third-order valence-corrected chi connectivity index (χ3v) is 1.40. The molecule has 0 aromatic heterocycles. The van der Waals surface area contributed by atoms with E-state index >= 15 is 0 Å². The van der Waals surface area contributed by atoms with Gasteiger partial charge in [0.05, 0.1) is 5.70 Å². The fraction of sp³-hybridized carbons (Fsp3) is 0.556. The molecule has 1 amide bonds. The van der Waals surface area contributed by atoms with E-state index < -0.39 is 0 Å². The number of carbonyl (C=O) groups is 2. The van der Waals surface area contributed by atoms with E-state index in [1.807, 2.05) is 0 Å². The summed E-state index contributed by atoms with van der Waals surface area (Å²) in [5.74, 6) is -0.224. The van der Waals surface area contributed by atoms with Crippen molar-refractivity contribution < 1.29 is 9.59 Å². The number of hydrogen-bond donors (Lipinski definition) is 1. The zero-order valence-electron chi connectivity index (χ0n) is 8.02. The van der Waals surface area contributed by atoms with Crippen LogP contribution in [-0.2, 0) is 9.59 Å². The fourth-order valence-electron chi connectivity index (χ4n) is 0.826. The van der Waals surface area contributed by atoms with Gasteiger partial charge in [0.25, 0.3) is 0 Å². The van der Waals surface area contributed by atoms with E-state index in [9.17, 15) is 9.59 Å². The molecular formula is C9H15NO2. The molecule has 68 valence electrons. The van der Waals surface area contributed by atoms with Gasteiger partial charge in [-0.05, 0) is 19.4 Å². The minimum atomic E-state index is -0.201. The van der Waals surface area contributed by atoms with E-state index in [1.54, 1.807) is 20.8 Å². The van der Waals surface area contributed by atoms with Gasteiger partial charge in [0.15, 0.2) is 5.78 Å². The maximum absolute atomic E-state index is 11.2. The van der Waals surface area contributed by atoms with E-state index in [0.29, 0.717) is 12.1 Å². The van der Waals surface area contributed by atoms with Gasteiger partial charge in [0.1, 0.15) is 0 Å². The minimum Gasteiger partial charge on any atom is -0.323 e. The molecule has 0 aliphatic rings. The molecule has 3 nitrogen and oxygen atoms in total. The number of ketones is 1. The maximum Gasteiger partial charge on any atom is 0.221 e. The predicted molar refractivity (Wildman–Crippen MR) is 47.5 cm³/mol. The smallest absolute Gasteiger partial charge is 0.221 e. The van der Waals surface area contributed by atoms with Gasteiger partial charge in [0, 0.05) is 13.3 Å². The molecule has 0 unspecified atom stereocenters. The zero-order valence-corrected chi connectivity index (χ0v) is 8.02. The van der Waals surface area contributed by atoms with Crippen LogP contribution in [0.2, 0.25) is 0 Å². The second-order valence-corrected chi connectivity index (χ2v) is 2.83. The molecule has 0 saturated carbocycles. The van der Waals surface area contributed by atoms with Crippen molar-refractivity contribution in [2.75, 3.05) is 0 Å². The first-order valence-electron chi connectivity index (χ1n) is 3.97. The Morgan fingerprint density at radius 2 is 1.67 bits per heavy atom. The number of allylic oxidation sites excluding steroid dienone is 2. The van der Waals surface area contributed by atoms with Crippen molar-refractivity contribution in [3.63, 3.8) is 0 Å². The first kappa shape index (κ1) is 10.9. The summed E-state index contributed by atoms with van der Waals surface area (Å²) in [6.07, 6.45) is 0.417. The van der Waals surface area contributed by atoms with Gasteiger partial charge in [0.2, 0.25) is 5.91 Å². The van der Waals surface area contributed by atoms with Crippen LogP contribution in [0.15, 0.2) is 11.3 Å². The third-order valence-electron chi connectivity index (χ3n) is 1.40. The number of hydrogen-bond acceptors (Lipinski definition) is 2. The van der Waals surface area contributed by atoms with Gasteiger partial charge < -0.3 is 5.32 Å². The van der Waals surface area contributed by atoms with Crippen molar-refractivity contribution >= 4 is 11.7 Å². The van der Waals surface area contributed by atoms with Crippen molar-refractivity contribution in [1.29, 1.82) is 0 Å². The van der Waals surface area contributed by atoms with Crippen molar-refractivity contribution in [3.05, 3.63) is 11.3 Å². The molecule has 0 aliphatic carbocycles. The monoisotopic (exact) mass is 169 g/mol. The van der Waals surface area contributed by atoms with Crippen molar-refractivity contribution in [3.8, 4) is 0 Å². The number of carbonyl (C=O) groups excluding carboxylic acids is 2. The van der Waals surface area contributed by atoms with Crippen LogP contribution in [0.4, 0.5) is 0 Å². The first-order valence-corrected chi connectivity index (χ1v) is 3.97. The topological polar surface area (TPSA) is 46.2 Å². The summed E-state index contributed by atoms with van der Waals surface area (Å²) >= 11 is 0. The summed E-state index contributed by atoms with van der Waals surface area (Å²) in [7, 11) is 0. The van der Waals surface area contributed by atoms with Gasteiger partial charge in [-0.25, -0.2) is 0 Å². The van der Waals surface area contributed by atoms with Gasteiger partial charge >= 0.3 is 0 Å². The van der Waals surface area contributed by atoms with Crippen LogP contribution >= 0.6 is 0 Å². The Morgan fingerprint density at radius 1 is 1.17 bits per heavy atom. The second-order valence-electron chi connectivity index (χ2n) is 2.83. The molecule has 0 aromatic rings. The van der Waals surface area contributed by atoms with Crippen LogP contribution in [0, 0.1) is 0 Å². The molecule has 1 N–H and O–H groups in total. The molecule has 0 bridgehead atoms. The van der Waals surface area contributed by atoms with Crippen molar-refractivity contribution in [2.24, 2.45) is 0 Å². The summed E-state index contributed by atoms with van der Waals surface area (Å²) in [5.41, 5.74) is 1.28. The van der Waals surface area contributed by atoms with Crippen LogP contribution < -0.4 is 5.32 Å². The van der Waals surface area contributed by atoms with E-state index in [4.69, 9.17) is 0 Å². The Morgan fingerprint density at radius 3 is 1.92 bits per heavy atom. The summed E-state index contributed by atoms with van der Waals surface area (Å²) < 4.78 is 0. The minimum absolute atomic E-state index is 0.0230. The SMILES string of the molecule is CCC(=O)C(NC(C)=O)=C(C)C. The summed E-state index contributed by atoms with van der Waals surface area (Å²) in [4.78, 5) is 21.9. The van der Waals surface area contributed by atoms with E-state index in [0.717, 1.165) is 5.57 Å². The lowest BCUT2D eigenvalue weighted by molar-refractivity contribution is -0.121. The van der Waals surface area contributed by atoms with Gasteiger partial charge in [-0.15, -0.1) is 0 Å². The average molecular weight is 169 g/mol. The highest BCUT2D eigenvalue weighted by Crippen LogP contribution is 2.03. The highest BCUT2D eigenvalue weighted by molar-refractivity contribution is 5.98. The van der Waals surface area contributed by atoms with Crippen LogP contribution in [0.1, 0.15) is 34.1 Å². The molecule has 0 aliphatic heterocycles. The Labute approximate surface area is 72.8 Å². The number of Topliss-reactive ketones (excluding diaryl/α,β-unsaturated/α-hetero) is 1. The largest absolute Gasteiger partial charge is 0.323 e. The molecular weight excluding hydrogens is 154 g/mol. The average Bonchev–Trinajstić information content (AvgIpc) is 1.98. The Hall–Kier alpha value is -1.12. The van der Waals surface area contributed by atoms with E-state index in [2.05, 4.69) is 5.32 Å². The molecule has 0 radical (unpaired) electrons. The highest BCUT2D eigenvalue weighted by Gasteiger charge is 2.09. The van der Waals surface area contributed by atoms with Crippen LogP contribution in [0.3, 0.4) is 0 Å². The van der Waals surface area contributed by atoms with Gasteiger partial charge in [-0.3, -0.25) is 9.59 Å².